The van der Waals surface area contributed by atoms with Gasteiger partial charge in [0.15, 0.2) is 0 Å². The number of pyridine rings is 5. The molecule has 5 heteroatoms. The highest BCUT2D eigenvalue weighted by molar-refractivity contribution is 6.03. The summed E-state index contributed by atoms with van der Waals surface area (Å²) in [6.07, 6.45) is 9.20. The molecular weight excluding hydrogens is 574 g/mol. The van der Waals surface area contributed by atoms with Gasteiger partial charge in [0.2, 0.25) is 0 Å². The fourth-order valence-electron chi connectivity index (χ4n) is 6.06. The molecule has 0 unspecified atom stereocenters. The standard InChI is InChI=1S/C42H29N5/c1-3-28-21-35(25-45-40(28)39-27(2)9-7-19-43-39)37-23-34(31-15-13-30(14-16-31)29-10-5-4-6-11-29)24-38(47-37)36-22-33-18-17-32-12-8-20-44-41(32)42(33)46-26-36/h3-26H,1H2,2H3. The molecule has 222 valence electrons. The smallest absolute Gasteiger partial charge is 0.0965 e. The lowest BCUT2D eigenvalue weighted by atomic mass is 9.97. The first-order valence-electron chi connectivity index (χ1n) is 15.5. The first-order valence-corrected chi connectivity index (χ1v) is 15.5. The number of benzene rings is 3. The number of fused-ring (bicyclic) bond motifs is 3. The minimum absolute atomic E-state index is 0.800. The minimum atomic E-state index is 0.800. The van der Waals surface area contributed by atoms with Crippen molar-refractivity contribution in [2.45, 2.75) is 6.92 Å². The third-order valence-corrected chi connectivity index (χ3v) is 8.54. The van der Waals surface area contributed by atoms with Gasteiger partial charge in [-0.15, -0.1) is 0 Å². The van der Waals surface area contributed by atoms with Gasteiger partial charge in [0.25, 0.3) is 0 Å². The van der Waals surface area contributed by atoms with Crippen molar-refractivity contribution in [3.05, 3.63) is 158 Å². The Balaban J connectivity index is 1.27. The molecule has 0 saturated heterocycles. The lowest BCUT2D eigenvalue weighted by Crippen LogP contribution is -1.97. The summed E-state index contributed by atoms with van der Waals surface area (Å²) in [6.45, 7) is 6.14. The Kier molecular flexibility index (Phi) is 7.12. The van der Waals surface area contributed by atoms with Gasteiger partial charge in [0.05, 0.1) is 33.8 Å². The Bertz CT molecular complexity index is 2430. The number of rotatable bonds is 6. The molecule has 47 heavy (non-hydrogen) atoms. The van der Waals surface area contributed by atoms with E-state index >= 15 is 0 Å². The van der Waals surface area contributed by atoms with E-state index in [1.54, 1.807) is 6.20 Å². The van der Waals surface area contributed by atoms with E-state index in [9.17, 15) is 0 Å². The summed E-state index contributed by atoms with van der Waals surface area (Å²) >= 11 is 0. The summed E-state index contributed by atoms with van der Waals surface area (Å²) in [5, 5.41) is 2.08. The average molecular weight is 604 g/mol. The summed E-state index contributed by atoms with van der Waals surface area (Å²) in [4.78, 5) is 24.2. The zero-order valence-electron chi connectivity index (χ0n) is 25.8. The van der Waals surface area contributed by atoms with Gasteiger partial charge in [-0.05, 0) is 71.1 Å². The largest absolute Gasteiger partial charge is 0.254 e. The van der Waals surface area contributed by atoms with E-state index in [2.05, 4.69) is 108 Å². The zero-order chi connectivity index (χ0) is 31.7. The lowest BCUT2D eigenvalue weighted by Gasteiger charge is -2.13. The number of aromatic nitrogens is 5. The van der Waals surface area contributed by atoms with Crippen LogP contribution in [0.5, 0.6) is 0 Å². The van der Waals surface area contributed by atoms with Crippen molar-refractivity contribution < 1.29 is 0 Å². The summed E-state index contributed by atoms with van der Waals surface area (Å²) in [5.41, 5.74) is 13.3. The van der Waals surface area contributed by atoms with Gasteiger partial charge < -0.3 is 0 Å². The molecule has 8 aromatic rings. The molecule has 0 atom stereocenters. The van der Waals surface area contributed by atoms with Crippen molar-refractivity contribution in [1.29, 1.82) is 0 Å². The Hall–Kier alpha value is -6.33. The molecule has 0 bridgehead atoms. The number of hydrogen-bond donors (Lipinski definition) is 0. The normalized spacial score (nSPS) is 11.2. The number of nitrogens with zero attached hydrogens (tertiary/aromatic N) is 5. The topological polar surface area (TPSA) is 64.5 Å². The molecule has 5 aromatic heterocycles. The maximum Gasteiger partial charge on any atom is 0.0965 e. The van der Waals surface area contributed by atoms with Crippen LogP contribution >= 0.6 is 0 Å². The fraction of sp³-hybridized carbons (Fsp3) is 0.0238. The maximum atomic E-state index is 5.18. The summed E-state index contributed by atoms with van der Waals surface area (Å²) in [7, 11) is 0. The number of hydrogen-bond acceptors (Lipinski definition) is 5. The van der Waals surface area contributed by atoms with Crippen LogP contribution in [0.3, 0.4) is 0 Å². The van der Waals surface area contributed by atoms with E-state index in [1.807, 2.05) is 55.9 Å². The maximum absolute atomic E-state index is 5.18. The Morgan fingerprint density at radius 1 is 0.489 bits per heavy atom. The minimum Gasteiger partial charge on any atom is -0.254 e. The van der Waals surface area contributed by atoms with Crippen LogP contribution in [-0.2, 0) is 0 Å². The molecule has 5 nitrogen and oxygen atoms in total. The second-order valence-corrected chi connectivity index (χ2v) is 11.5. The van der Waals surface area contributed by atoms with Crippen LogP contribution in [0.1, 0.15) is 11.1 Å². The molecule has 0 saturated carbocycles. The van der Waals surface area contributed by atoms with E-state index in [4.69, 9.17) is 15.0 Å². The van der Waals surface area contributed by atoms with Crippen LogP contribution < -0.4 is 0 Å². The van der Waals surface area contributed by atoms with Crippen molar-refractivity contribution in [2.24, 2.45) is 0 Å². The summed E-state index contributed by atoms with van der Waals surface area (Å²) in [6, 6.07) is 39.8. The van der Waals surface area contributed by atoms with Gasteiger partial charge >= 0.3 is 0 Å². The van der Waals surface area contributed by atoms with Crippen LogP contribution in [0.25, 0.3) is 84.0 Å². The van der Waals surface area contributed by atoms with Gasteiger partial charge in [-0.1, -0.05) is 91.5 Å². The van der Waals surface area contributed by atoms with Crippen LogP contribution in [-0.4, -0.2) is 24.9 Å². The van der Waals surface area contributed by atoms with Crippen molar-refractivity contribution >= 4 is 27.9 Å². The van der Waals surface area contributed by atoms with E-state index in [0.717, 1.165) is 78.0 Å². The predicted octanol–water partition coefficient (Wildman–Crippen LogP) is 10.3. The third kappa shape index (κ3) is 5.34. The van der Waals surface area contributed by atoms with Crippen LogP contribution in [0.2, 0.25) is 0 Å². The molecule has 0 amide bonds. The molecule has 0 N–H and O–H groups in total. The van der Waals surface area contributed by atoms with Crippen molar-refractivity contribution in [3.8, 4) is 56.2 Å². The molecule has 0 radical (unpaired) electrons. The number of aryl methyl sites for hydroxylation is 1. The molecule has 0 aliphatic heterocycles. The highest BCUT2D eigenvalue weighted by Crippen LogP contribution is 2.34. The first kappa shape index (κ1) is 28.2. The van der Waals surface area contributed by atoms with Gasteiger partial charge in [-0.25, -0.2) is 4.98 Å². The first-order chi connectivity index (χ1) is 23.1. The SMILES string of the molecule is C=Cc1cc(-c2cc(-c3ccc(-c4ccccc4)cc3)cc(-c3cnc4c(ccc5cccnc54)c3)n2)cnc1-c1ncccc1C. The zero-order valence-corrected chi connectivity index (χ0v) is 25.8. The summed E-state index contributed by atoms with van der Waals surface area (Å²) in [5.74, 6) is 0. The fourth-order valence-corrected chi connectivity index (χ4v) is 6.06. The lowest BCUT2D eigenvalue weighted by molar-refractivity contribution is 1.20. The second kappa shape index (κ2) is 11.9. The van der Waals surface area contributed by atoms with Crippen LogP contribution in [0, 0.1) is 6.92 Å². The van der Waals surface area contributed by atoms with Crippen molar-refractivity contribution in [3.63, 3.8) is 0 Å². The van der Waals surface area contributed by atoms with Gasteiger partial charge in [-0.3, -0.25) is 19.9 Å². The van der Waals surface area contributed by atoms with Crippen LogP contribution in [0.15, 0.2) is 147 Å². The monoisotopic (exact) mass is 603 g/mol. The molecule has 0 aliphatic rings. The van der Waals surface area contributed by atoms with E-state index in [-0.39, 0.29) is 0 Å². The van der Waals surface area contributed by atoms with Gasteiger partial charge in [0.1, 0.15) is 0 Å². The highest BCUT2D eigenvalue weighted by Gasteiger charge is 2.15. The molecule has 0 fully saturated rings. The molecular formula is C42H29N5. The highest BCUT2D eigenvalue weighted by atomic mass is 14.8. The average Bonchev–Trinajstić information content (AvgIpc) is 3.15. The van der Waals surface area contributed by atoms with Crippen molar-refractivity contribution in [1.82, 2.24) is 24.9 Å². The molecule has 0 aliphatic carbocycles. The van der Waals surface area contributed by atoms with Gasteiger partial charge in [0, 0.05) is 52.3 Å². The van der Waals surface area contributed by atoms with Crippen molar-refractivity contribution in [2.75, 3.05) is 0 Å². The molecule has 0 spiro atoms. The predicted molar refractivity (Wildman–Crippen MR) is 192 cm³/mol. The quantitative estimate of drug-likeness (QED) is 0.177. The molecule has 8 rings (SSSR count). The Morgan fingerprint density at radius 2 is 1.13 bits per heavy atom. The van der Waals surface area contributed by atoms with Crippen LogP contribution in [0.4, 0.5) is 0 Å². The molecule has 5 heterocycles. The van der Waals surface area contributed by atoms with E-state index in [0.29, 0.717) is 0 Å². The third-order valence-electron chi connectivity index (χ3n) is 8.54. The van der Waals surface area contributed by atoms with E-state index < -0.39 is 0 Å². The summed E-state index contributed by atoms with van der Waals surface area (Å²) < 4.78 is 0. The van der Waals surface area contributed by atoms with E-state index in [1.165, 1.54) is 11.1 Å². The molecule has 3 aromatic carbocycles. The Morgan fingerprint density at radius 3 is 1.89 bits per heavy atom. The second-order valence-electron chi connectivity index (χ2n) is 11.5. The Labute approximate surface area is 273 Å². The van der Waals surface area contributed by atoms with Gasteiger partial charge in [-0.2, -0.15) is 0 Å².